The number of carbonyl (C=O) groups excluding carboxylic acids is 1. The third-order valence-corrected chi connectivity index (χ3v) is 7.27. The average molecular weight is 526 g/mol. The molecule has 12 nitrogen and oxygen atoms in total. The lowest BCUT2D eigenvalue weighted by atomic mass is 9.96. The molecule has 2 aliphatic rings. The summed E-state index contributed by atoms with van der Waals surface area (Å²) < 4.78 is 61.0. The van der Waals surface area contributed by atoms with Crippen LogP contribution in [-0.2, 0) is 23.4 Å². The molecule has 0 amide bonds. The molecule has 2 aromatic rings. The molecule has 4 rings (SSSR count). The van der Waals surface area contributed by atoms with Gasteiger partial charge in [0.1, 0.15) is 24.1 Å². The molecule has 2 fully saturated rings. The van der Waals surface area contributed by atoms with Gasteiger partial charge in [-0.3, -0.25) is 23.7 Å². The van der Waals surface area contributed by atoms with Gasteiger partial charge in [0, 0.05) is 20.4 Å². The summed E-state index contributed by atoms with van der Waals surface area (Å²) in [6.45, 7) is 4.12. The number of aromatic nitrogens is 2. The van der Waals surface area contributed by atoms with Crippen molar-refractivity contribution in [2.45, 2.75) is 64.1 Å². The van der Waals surface area contributed by atoms with Crippen LogP contribution in [0.5, 0.6) is 5.75 Å². The highest BCUT2D eigenvalue weighted by Gasteiger charge is 2.64. The number of ether oxygens (including phenoxy) is 2. The average Bonchev–Trinajstić information content (AvgIpc) is 3.27. The number of H-pyrrole nitrogens is 1. The van der Waals surface area contributed by atoms with Gasteiger partial charge in [-0.25, -0.2) is 9.36 Å². The van der Waals surface area contributed by atoms with Crippen molar-refractivity contribution in [3.05, 3.63) is 63.4 Å². The fourth-order valence-corrected chi connectivity index (χ4v) is 5.29. The molecule has 1 aromatic carbocycles. The van der Waals surface area contributed by atoms with Crippen LogP contribution in [0.4, 0.5) is 0 Å². The van der Waals surface area contributed by atoms with Crippen molar-refractivity contribution in [1.29, 1.82) is 0 Å². The van der Waals surface area contributed by atoms with Crippen LogP contribution in [0.3, 0.4) is 0 Å². The Bertz CT molecular complexity index is 1360. The van der Waals surface area contributed by atoms with Gasteiger partial charge >= 0.3 is 19.4 Å². The Morgan fingerprint density at radius 3 is 2.69 bits per heavy atom. The summed E-state index contributed by atoms with van der Waals surface area (Å²) in [5, 5.41) is 13.6. The molecule has 196 valence electrons. The maximum absolute atomic E-state index is 13.7. The predicted molar refractivity (Wildman–Crippen MR) is 127 cm³/mol. The van der Waals surface area contributed by atoms with E-state index in [0.29, 0.717) is 0 Å². The SMILES string of the molecule is [2H]c1cn([C@@H]2O[C@H](CO[P@@](=O)(N[C@@H](C)C(=O)OC(C)C)Oc3ccccc3)[C@@H](O)C23C([2H])C3[2H])c(=O)[nH]c1=O. The lowest BCUT2D eigenvalue weighted by molar-refractivity contribution is -0.149. The first-order valence-electron chi connectivity index (χ1n) is 12.9. The molecule has 36 heavy (non-hydrogen) atoms. The molecule has 2 unspecified atom stereocenters. The van der Waals surface area contributed by atoms with E-state index in [0.717, 1.165) is 10.8 Å². The number of aliphatic hydroxyl groups excluding tert-OH is 1. The molecule has 0 bridgehead atoms. The van der Waals surface area contributed by atoms with Crippen LogP contribution in [0.2, 0.25) is 0 Å². The van der Waals surface area contributed by atoms with E-state index in [9.17, 15) is 24.1 Å². The fourth-order valence-electron chi connectivity index (χ4n) is 3.79. The van der Waals surface area contributed by atoms with Crippen LogP contribution in [0.25, 0.3) is 0 Å². The quantitative estimate of drug-likeness (QED) is 0.307. The third-order valence-electron chi connectivity index (χ3n) is 5.62. The molecular weight excluding hydrogens is 493 g/mol. The Labute approximate surface area is 211 Å². The van der Waals surface area contributed by atoms with Gasteiger partial charge in [0.05, 0.1) is 20.2 Å². The molecule has 1 aromatic heterocycles. The Hall–Kier alpha value is -2.76. The lowest BCUT2D eigenvalue weighted by Crippen LogP contribution is -2.37. The van der Waals surface area contributed by atoms with Crippen LogP contribution < -0.4 is 20.9 Å². The molecule has 7 atom stereocenters. The summed E-state index contributed by atoms with van der Waals surface area (Å²) in [6.07, 6.45) is -6.04. The lowest BCUT2D eigenvalue weighted by Gasteiger charge is -2.25. The van der Waals surface area contributed by atoms with E-state index in [2.05, 4.69) is 5.09 Å². The van der Waals surface area contributed by atoms with Crippen molar-refractivity contribution in [2.24, 2.45) is 5.41 Å². The van der Waals surface area contributed by atoms with E-state index < -0.39 is 86.4 Å². The smallest absolute Gasteiger partial charge is 0.459 e. The summed E-state index contributed by atoms with van der Waals surface area (Å²) in [5.74, 6) is -0.556. The molecule has 2 heterocycles. The Morgan fingerprint density at radius 2 is 2.06 bits per heavy atom. The first-order valence-corrected chi connectivity index (χ1v) is 12.8. The first kappa shape index (κ1) is 22.4. The van der Waals surface area contributed by atoms with Crippen molar-refractivity contribution >= 4 is 13.7 Å². The van der Waals surface area contributed by atoms with Crippen LogP contribution in [0.15, 0.2) is 52.2 Å². The molecule has 1 saturated carbocycles. The number of carbonyl (C=O) groups is 1. The van der Waals surface area contributed by atoms with Gasteiger partial charge in [0.2, 0.25) is 0 Å². The van der Waals surface area contributed by atoms with Gasteiger partial charge in [-0.1, -0.05) is 18.2 Å². The van der Waals surface area contributed by atoms with Gasteiger partial charge in [-0.2, -0.15) is 5.09 Å². The highest BCUT2D eigenvalue weighted by Crippen LogP contribution is 2.62. The number of hydrogen-bond acceptors (Lipinski definition) is 9. The van der Waals surface area contributed by atoms with Gasteiger partial charge in [-0.15, -0.1) is 0 Å². The number of nitrogens with one attached hydrogen (secondary N) is 2. The molecular formula is C23H30N3O9P. The number of hydrogen-bond donors (Lipinski definition) is 3. The summed E-state index contributed by atoms with van der Waals surface area (Å²) in [4.78, 5) is 38.5. The van der Waals surface area contributed by atoms with E-state index in [1.54, 1.807) is 32.0 Å². The molecule has 3 N–H and O–H groups in total. The monoisotopic (exact) mass is 526 g/mol. The summed E-state index contributed by atoms with van der Waals surface area (Å²) >= 11 is 0. The standard InChI is InChI=1S/C23H30N3O9P/c1-14(2)33-20(29)15(3)25-36(31,35-16-7-5-4-6-8-16)32-13-17-19(28)23(10-11-23)21(34-17)26-12-9-18(27)24-22(26)30/h4-9,12,14-15,17,19,21,28H,10-11,13H2,1-3H3,(H,25,31)(H,24,27,30)/t15-,17+,19+,21+,36-/m0/s1/i9D,10D,11D/t10?,11?,15-,17+,19+,21+,23?,36-. The van der Waals surface area contributed by atoms with Crippen molar-refractivity contribution < 1.29 is 37.1 Å². The zero-order chi connectivity index (χ0) is 28.7. The van der Waals surface area contributed by atoms with Gasteiger partial charge in [-0.05, 0) is 45.7 Å². The second-order valence-corrected chi connectivity index (χ2v) is 10.5. The minimum absolute atomic E-state index is 0.155. The Kier molecular flexibility index (Phi) is 6.43. The van der Waals surface area contributed by atoms with Crippen LogP contribution in [0.1, 0.15) is 43.9 Å². The maximum atomic E-state index is 13.7. The second kappa shape index (κ2) is 10.3. The number of nitrogens with zero attached hydrogens (tertiary/aromatic N) is 1. The van der Waals surface area contributed by atoms with Crippen molar-refractivity contribution in [1.82, 2.24) is 14.6 Å². The summed E-state index contributed by atoms with van der Waals surface area (Å²) in [5.41, 5.74) is -3.45. The van der Waals surface area contributed by atoms with Crippen molar-refractivity contribution in [3.63, 3.8) is 0 Å². The number of esters is 1. The highest BCUT2D eigenvalue weighted by molar-refractivity contribution is 7.52. The van der Waals surface area contributed by atoms with E-state index in [1.165, 1.54) is 19.1 Å². The first-order chi connectivity index (χ1) is 18.3. The van der Waals surface area contributed by atoms with E-state index in [1.807, 2.05) is 4.98 Å². The van der Waals surface area contributed by atoms with Crippen molar-refractivity contribution in [2.75, 3.05) is 6.61 Å². The number of aliphatic hydroxyl groups is 1. The minimum Gasteiger partial charge on any atom is -0.462 e. The minimum atomic E-state index is -4.32. The maximum Gasteiger partial charge on any atom is 0.459 e. The Morgan fingerprint density at radius 1 is 1.36 bits per heavy atom. The van der Waals surface area contributed by atoms with E-state index in [-0.39, 0.29) is 5.75 Å². The molecule has 1 spiro atoms. The highest BCUT2D eigenvalue weighted by atomic mass is 31.2. The van der Waals surface area contributed by atoms with E-state index >= 15 is 0 Å². The summed E-state index contributed by atoms with van der Waals surface area (Å²) in [6, 6.07) is 6.33. The normalized spacial score (nSPS) is 32.8. The molecule has 1 aliphatic heterocycles. The van der Waals surface area contributed by atoms with Gasteiger partial charge < -0.3 is 19.1 Å². The topological polar surface area (TPSA) is 158 Å². The summed E-state index contributed by atoms with van der Waals surface area (Å²) in [7, 11) is -4.32. The Balaban J connectivity index is 1.58. The number of para-hydroxylation sites is 1. The zero-order valence-electron chi connectivity index (χ0n) is 22.8. The molecule has 1 aliphatic carbocycles. The van der Waals surface area contributed by atoms with Gasteiger partial charge in [0.15, 0.2) is 0 Å². The fraction of sp³-hybridized carbons (Fsp3) is 0.522. The molecule has 0 radical (unpaired) electrons. The largest absolute Gasteiger partial charge is 0.462 e. The molecule has 1 saturated heterocycles. The zero-order valence-corrected chi connectivity index (χ0v) is 20.7. The number of benzene rings is 1. The van der Waals surface area contributed by atoms with E-state index in [4.69, 9.17) is 22.6 Å². The van der Waals surface area contributed by atoms with Crippen LogP contribution in [0, 0.1) is 5.41 Å². The number of aromatic amines is 1. The van der Waals surface area contributed by atoms with Gasteiger partial charge in [0.25, 0.3) is 5.56 Å². The second-order valence-electron chi connectivity index (χ2n) is 8.78. The van der Waals surface area contributed by atoms with Crippen LogP contribution in [-0.4, -0.2) is 51.6 Å². The third kappa shape index (κ3) is 5.63. The van der Waals surface area contributed by atoms with Crippen molar-refractivity contribution in [3.8, 4) is 5.75 Å². The predicted octanol–water partition coefficient (Wildman–Crippen LogP) is 1.71. The molecule has 13 heteroatoms. The number of rotatable bonds is 10. The van der Waals surface area contributed by atoms with Crippen LogP contribution >= 0.6 is 7.75 Å².